The number of amides is 1. The lowest BCUT2D eigenvalue weighted by Gasteiger charge is -2.09. The molecule has 0 spiro atoms. The Kier molecular flexibility index (Phi) is 4.21. The van der Waals surface area contributed by atoms with Gasteiger partial charge in [0, 0.05) is 28.9 Å². The lowest BCUT2D eigenvalue weighted by atomic mass is 10.1. The van der Waals surface area contributed by atoms with Crippen LogP contribution in [0.4, 0.5) is 5.69 Å². The van der Waals surface area contributed by atoms with Crippen molar-refractivity contribution in [2.24, 2.45) is 0 Å². The summed E-state index contributed by atoms with van der Waals surface area (Å²) in [4.78, 5) is 12.6. The van der Waals surface area contributed by atoms with Crippen LogP contribution in [-0.4, -0.2) is 11.7 Å². The van der Waals surface area contributed by atoms with E-state index in [0.717, 1.165) is 29.1 Å². The van der Waals surface area contributed by atoms with Gasteiger partial charge in [0.05, 0.1) is 21.3 Å². The number of thioether (sulfide) groups is 1. The van der Waals surface area contributed by atoms with Crippen LogP contribution in [0.3, 0.4) is 0 Å². The summed E-state index contributed by atoms with van der Waals surface area (Å²) in [5.74, 6) is 2.67. The van der Waals surface area contributed by atoms with Crippen LogP contribution in [0.1, 0.15) is 21.7 Å². The number of para-hydroxylation sites is 1. The first kappa shape index (κ1) is 15.9. The van der Waals surface area contributed by atoms with Crippen LogP contribution in [0.5, 0.6) is 0 Å². The molecule has 4 rings (SSSR count). The molecule has 2 heterocycles. The number of rotatable bonds is 2. The molecule has 0 radical (unpaired) electrons. The van der Waals surface area contributed by atoms with Crippen LogP contribution in [0.25, 0.3) is 11.0 Å². The van der Waals surface area contributed by atoms with Gasteiger partial charge in [-0.3, -0.25) is 4.79 Å². The number of nitrogens with one attached hydrogen (secondary N) is 1. The average molecular weight is 378 g/mol. The molecule has 0 bridgehead atoms. The first-order chi connectivity index (χ1) is 11.6. The molecule has 0 fully saturated rings. The Labute approximate surface area is 153 Å². The molecule has 0 saturated heterocycles. The van der Waals surface area contributed by atoms with Crippen molar-refractivity contribution < 1.29 is 9.21 Å². The summed E-state index contributed by atoms with van der Waals surface area (Å²) in [5, 5.41) is 4.58. The van der Waals surface area contributed by atoms with Crippen LogP contribution < -0.4 is 5.32 Å². The summed E-state index contributed by atoms with van der Waals surface area (Å²) in [5.41, 5.74) is 2.84. The van der Waals surface area contributed by atoms with Crippen molar-refractivity contribution in [3.05, 3.63) is 63.3 Å². The molecule has 3 nitrogen and oxygen atoms in total. The van der Waals surface area contributed by atoms with E-state index < -0.39 is 0 Å². The normalized spacial score (nSPS) is 13.8. The van der Waals surface area contributed by atoms with Crippen LogP contribution >= 0.6 is 35.0 Å². The Balaban J connectivity index is 1.75. The van der Waals surface area contributed by atoms with Gasteiger partial charge in [-0.1, -0.05) is 41.4 Å². The van der Waals surface area contributed by atoms with E-state index in [0.29, 0.717) is 21.3 Å². The van der Waals surface area contributed by atoms with Crippen molar-refractivity contribution in [2.75, 3.05) is 11.1 Å². The van der Waals surface area contributed by atoms with Crippen LogP contribution in [0.15, 0.2) is 40.8 Å². The summed E-state index contributed by atoms with van der Waals surface area (Å²) in [6.07, 6.45) is 0.915. The number of anilines is 1. The minimum atomic E-state index is -0.346. The van der Waals surface area contributed by atoms with E-state index in [-0.39, 0.29) is 11.5 Å². The number of aryl methyl sites for hydroxylation is 1. The highest BCUT2D eigenvalue weighted by atomic mass is 35.5. The number of carbonyl (C=O) groups excluding carboxylic acids is 1. The minimum Gasteiger partial charge on any atom is -0.459 e. The zero-order valence-electron chi connectivity index (χ0n) is 12.6. The second-order valence-corrected chi connectivity index (χ2v) is 7.46. The first-order valence-electron chi connectivity index (χ1n) is 7.51. The molecule has 0 saturated carbocycles. The van der Waals surface area contributed by atoms with Crippen molar-refractivity contribution in [1.82, 2.24) is 0 Å². The number of hydrogen-bond acceptors (Lipinski definition) is 3. The van der Waals surface area contributed by atoms with Crippen molar-refractivity contribution in [3.63, 3.8) is 0 Å². The zero-order chi connectivity index (χ0) is 16.7. The van der Waals surface area contributed by atoms with Gasteiger partial charge in [0.15, 0.2) is 5.58 Å². The Bertz CT molecular complexity index is 931. The standard InChI is InChI=1S/C18H13Cl2NO2S/c19-12-4-2-5-13(20)16(12)18(22)21-14-6-1-3-10-11-9-24-8-7-15(11)23-17(10)14/h1-6H,7-9H2,(H,21,22). The van der Waals surface area contributed by atoms with Gasteiger partial charge in [-0.15, -0.1) is 0 Å². The third-order valence-corrected chi connectivity index (χ3v) is 5.68. The molecule has 1 aliphatic rings. The van der Waals surface area contributed by atoms with Gasteiger partial charge in [0.2, 0.25) is 0 Å². The van der Waals surface area contributed by atoms with E-state index in [9.17, 15) is 4.79 Å². The highest BCUT2D eigenvalue weighted by molar-refractivity contribution is 7.98. The molecule has 0 aliphatic carbocycles. The molecule has 1 aliphatic heterocycles. The lowest BCUT2D eigenvalue weighted by Crippen LogP contribution is -2.13. The van der Waals surface area contributed by atoms with Crippen LogP contribution in [-0.2, 0) is 12.2 Å². The fraction of sp³-hybridized carbons (Fsp3) is 0.167. The van der Waals surface area contributed by atoms with Crippen LogP contribution in [0.2, 0.25) is 10.0 Å². The zero-order valence-corrected chi connectivity index (χ0v) is 14.9. The molecule has 0 atom stereocenters. The van der Waals surface area contributed by atoms with Crippen molar-refractivity contribution in [1.29, 1.82) is 0 Å². The van der Waals surface area contributed by atoms with E-state index in [2.05, 4.69) is 5.32 Å². The van der Waals surface area contributed by atoms with E-state index in [1.807, 2.05) is 30.0 Å². The summed E-state index contributed by atoms with van der Waals surface area (Å²) in [7, 11) is 0. The minimum absolute atomic E-state index is 0.268. The molecule has 1 N–H and O–H groups in total. The molecule has 2 aromatic carbocycles. The van der Waals surface area contributed by atoms with Gasteiger partial charge in [-0.2, -0.15) is 11.8 Å². The largest absolute Gasteiger partial charge is 0.459 e. The predicted molar refractivity (Wildman–Crippen MR) is 100 cm³/mol. The summed E-state index contributed by atoms with van der Waals surface area (Å²) >= 11 is 14.1. The van der Waals surface area contributed by atoms with Gasteiger partial charge in [-0.25, -0.2) is 0 Å². The van der Waals surface area contributed by atoms with Gasteiger partial charge in [0.1, 0.15) is 5.76 Å². The Morgan fingerprint density at radius 2 is 1.88 bits per heavy atom. The van der Waals surface area contributed by atoms with E-state index in [4.69, 9.17) is 27.6 Å². The molecule has 24 heavy (non-hydrogen) atoms. The predicted octanol–water partition coefficient (Wildman–Crippen LogP) is 5.78. The van der Waals surface area contributed by atoms with Crippen molar-refractivity contribution in [3.8, 4) is 0 Å². The molecule has 0 unspecified atom stereocenters. The maximum Gasteiger partial charge on any atom is 0.258 e. The summed E-state index contributed by atoms with van der Waals surface area (Å²) in [6, 6.07) is 10.8. The summed E-state index contributed by atoms with van der Waals surface area (Å²) in [6.45, 7) is 0. The maximum absolute atomic E-state index is 12.6. The lowest BCUT2D eigenvalue weighted by molar-refractivity contribution is 0.102. The Hall–Kier alpha value is -1.62. The van der Waals surface area contributed by atoms with Gasteiger partial charge in [-0.05, 0) is 18.2 Å². The molecule has 1 amide bonds. The molecular weight excluding hydrogens is 365 g/mol. The third kappa shape index (κ3) is 2.69. The van der Waals surface area contributed by atoms with Crippen molar-refractivity contribution >= 4 is 57.5 Å². The number of fused-ring (bicyclic) bond motifs is 3. The van der Waals surface area contributed by atoms with Crippen LogP contribution in [0, 0.1) is 0 Å². The Morgan fingerprint density at radius 1 is 1.12 bits per heavy atom. The van der Waals surface area contributed by atoms with Gasteiger partial charge < -0.3 is 9.73 Å². The second-order valence-electron chi connectivity index (χ2n) is 5.54. The molecule has 122 valence electrons. The molecule has 1 aromatic heterocycles. The number of hydrogen-bond donors (Lipinski definition) is 1. The number of benzene rings is 2. The molecular formula is C18H13Cl2NO2S. The quantitative estimate of drug-likeness (QED) is 0.615. The van der Waals surface area contributed by atoms with E-state index in [1.54, 1.807) is 18.2 Å². The maximum atomic E-state index is 12.6. The highest BCUT2D eigenvalue weighted by Gasteiger charge is 2.21. The fourth-order valence-corrected chi connectivity index (χ4v) is 4.48. The fourth-order valence-electron chi connectivity index (χ4n) is 2.92. The second kappa shape index (κ2) is 6.36. The van der Waals surface area contributed by atoms with E-state index in [1.165, 1.54) is 5.56 Å². The van der Waals surface area contributed by atoms with Gasteiger partial charge >= 0.3 is 0 Å². The molecule has 6 heteroatoms. The smallest absolute Gasteiger partial charge is 0.258 e. The number of halogens is 2. The Morgan fingerprint density at radius 3 is 2.67 bits per heavy atom. The molecule has 3 aromatic rings. The third-order valence-electron chi connectivity index (χ3n) is 4.06. The number of furan rings is 1. The van der Waals surface area contributed by atoms with Crippen molar-refractivity contribution in [2.45, 2.75) is 12.2 Å². The average Bonchev–Trinajstić information content (AvgIpc) is 2.95. The number of carbonyl (C=O) groups is 1. The first-order valence-corrected chi connectivity index (χ1v) is 9.42. The highest BCUT2D eigenvalue weighted by Crippen LogP contribution is 2.37. The monoisotopic (exact) mass is 377 g/mol. The SMILES string of the molecule is O=C(Nc1cccc2c3c(oc12)CCSC3)c1c(Cl)cccc1Cl. The van der Waals surface area contributed by atoms with Gasteiger partial charge in [0.25, 0.3) is 5.91 Å². The summed E-state index contributed by atoms with van der Waals surface area (Å²) < 4.78 is 6.02. The van der Waals surface area contributed by atoms with E-state index >= 15 is 0 Å². The topological polar surface area (TPSA) is 42.2 Å².